The summed E-state index contributed by atoms with van der Waals surface area (Å²) in [5.74, 6) is -0.370. The number of thioether (sulfide) groups is 1. The van der Waals surface area contributed by atoms with Crippen molar-refractivity contribution in [2.24, 2.45) is 0 Å². The number of halogens is 2. The third-order valence-corrected chi connectivity index (χ3v) is 2.70. The third kappa shape index (κ3) is 1.95. The highest BCUT2D eigenvalue weighted by Crippen LogP contribution is 2.28. The molecule has 0 bridgehead atoms. The summed E-state index contributed by atoms with van der Waals surface area (Å²) in [6.07, 6.45) is 0. The van der Waals surface area contributed by atoms with Gasteiger partial charge in [-0.15, -0.1) is 0 Å². The van der Waals surface area contributed by atoms with Gasteiger partial charge in [-0.3, -0.25) is 0 Å². The van der Waals surface area contributed by atoms with E-state index in [0.717, 1.165) is 11.8 Å². The number of benzene rings is 1. The minimum atomic E-state index is -0.370. The molecule has 0 atom stereocenters. The van der Waals surface area contributed by atoms with Crippen LogP contribution in [0.4, 0.5) is 4.39 Å². The fourth-order valence-corrected chi connectivity index (χ4v) is 1.63. The van der Waals surface area contributed by atoms with Crippen LogP contribution in [-0.2, 0) is 0 Å². The van der Waals surface area contributed by atoms with Crippen LogP contribution in [0.1, 0.15) is 0 Å². The van der Waals surface area contributed by atoms with Crippen molar-refractivity contribution in [1.82, 2.24) is 0 Å². The van der Waals surface area contributed by atoms with Gasteiger partial charge in [-0.25, -0.2) is 4.39 Å². The first-order chi connectivity index (χ1) is 5.25. The number of nitrogens with zero attached hydrogens (tertiary/aromatic N) is 1. The zero-order chi connectivity index (χ0) is 8.27. The average molecular weight is 232 g/mol. The van der Waals surface area contributed by atoms with Crippen molar-refractivity contribution < 1.29 is 4.39 Å². The molecule has 4 heteroatoms. The third-order valence-electron chi connectivity index (χ3n) is 1.07. The lowest BCUT2D eigenvalue weighted by molar-refractivity contribution is 0.600. The van der Waals surface area contributed by atoms with Crippen LogP contribution in [0.15, 0.2) is 27.6 Å². The average Bonchev–Trinajstić information content (AvgIpc) is 1.97. The lowest BCUT2D eigenvalue weighted by Gasteiger charge is -1.97. The molecule has 1 aromatic rings. The molecule has 0 saturated heterocycles. The molecule has 1 rings (SSSR count). The second-order valence-electron chi connectivity index (χ2n) is 1.74. The molecular weight excluding hydrogens is 229 g/mol. The maximum atomic E-state index is 12.8. The Morgan fingerprint density at radius 1 is 1.55 bits per heavy atom. The summed E-state index contributed by atoms with van der Waals surface area (Å²) in [7, 11) is 0. The van der Waals surface area contributed by atoms with E-state index in [1.54, 1.807) is 12.1 Å². The summed E-state index contributed by atoms with van der Waals surface area (Å²) < 4.78 is 13.5. The summed E-state index contributed by atoms with van der Waals surface area (Å²) in [6, 6.07) is 4.61. The highest BCUT2D eigenvalue weighted by atomic mass is 79.9. The van der Waals surface area contributed by atoms with Gasteiger partial charge in [-0.2, -0.15) is 5.26 Å². The number of thiocyanates is 1. The zero-order valence-electron chi connectivity index (χ0n) is 5.34. The van der Waals surface area contributed by atoms with E-state index in [0.29, 0.717) is 9.37 Å². The number of hydrogen-bond acceptors (Lipinski definition) is 2. The number of rotatable bonds is 1. The molecule has 0 N–H and O–H groups in total. The van der Waals surface area contributed by atoms with Gasteiger partial charge in [0.25, 0.3) is 0 Å². The monoisotopic (exact) mass is 231 g/mol. The quantitative estimate of drug-likeness (QED) is 0.548. The minimum absolute atomic E-state index is 0.343. The predicted octanol–water partition coefficient (Wildman–Crippen LogP) is 3.16. The zero-order valence-corrected chi connectivity index (χ0v) is 7.75. The summed E-state index contributed by atoms with van der Waals surface area (Å²) in [6.45, 7) is 0. The van der Waals surface area contributed by atoms with Crippen LogP contribution in [0.25, 0.3) is 0 Å². The highest BCUT2D eigenvalue weighted by molar-refractivity contribution is 9.10. The van der Waals surface area contributed by atoms with Crippen LogP contribution in [0, 0.1) is 16.5 Å². The van der Waals surface area contributed by atoms with Crippen LogP contribution in [0.3, 0.4) is 0 Å². The molecule has 0 aliphatic heterocycles. The molecule has 0 aliphatic rings. The standard InChI is InChI=1S/C7H3BrFNS/c8-5-2-1-3-6(9)7(5)11-4-10/h1-3H. The highest BCUT2D eigenvalue weighted by Gasteiger charge is 2.05. The maximum absolute atomic E-state index is 12.8. The van der Waals surface area contributed by atoms with Crippen LogP contribution in [0.5, 0.6) is 0 Å². The van der Waals surface area contributed by atoms with E-state index in [-0.39, 0.29) is 5.82 Å². The summed E-state index contributed by atoms with van der Waals surface area (Å²) in [4.78, 5) is 0.343. The molecule has 0 unspecified atom stereocenters. The van der Waals surface area contributed by atoms with Crippen molar-refractivity contribution in [3.63, 3.8) is 0 Å². The summed E-state index contributed by atoms with van der Waals surface area (Å²) >= 11 is 3.95. The van der Waals surface area contributed by atoms with E-state index >= 15 is 0 Å². The van der Waals surface area contributed by atoms with Crippen molar-refractivity contribution in [1.29, 1.82) is 5.26 Å². The fourth-order valence-electron chi connectivity index (χ4n) is 0.626. The molecule has 0 radical (unpaired) electrons. The fraction of sp³-hybridized carbons (Fsp3) is 0. The second kappa shape index (κ2) is 3.74. The van der Waals surface area contributed by atoms with E-state index < -0.39 is 0 Å². The van der Waals surface area contributed by atoms with E-state index in [1.807, 2.05) is 5.40 Å². The van der Waals surface area contributed by atoms with E-state index in [1.165, 1.54) is 6.07 Å². The van der Waals surface area contributed by atoms with Crippen LogP contribution in [0.2, 0.25) is 0 Å². The molecule has 1 aromatic carbocycles. The SMILES string of the molecule is N#CSc1c(F)cccc1Br. The Hall–Kier alpha value is -0.530. The Labute approximate surface area is 76.3 Å². The first kappa shape index (κ1) is 8.57. The smallest absolute Gasteiger partial charge is 0.138 e. The van der Waals surface area contributed by atoms with Crippen LogP contribution < -0.4 is 0 Å². The van der Waals surface area contributed by atoms with Gasteiger partial charge in [0.1, 0.15) is 11.2 Å². The van der Waals surface area contributed by atoms with Gasteiger partial charge >= 0.3 is 0 Å². The lowest BCUT2D eigenvalue weighted by atomic mass is 10.3. The Morgan fingerprint density at radius 2 is 2.27 bits per heavy atom. The van der Waals surface area contributed by atoms with Crippen LogP contribution >= 0.6 is 27.7 Å². The van der Waals surface area contributed by atoms with Crippen LogP contribution in [-0.4, -0.2) is 0 Å². The van der Waals surface area contributed by atoms with Gasteiger partial charge in [-0.1, -0.05) is 6.07 Å². The maximum Gasteiger partial charge on any atom is 0.138 e. The molecule has 0 spiro atoms. The predicted molar refractivity (Wildman–Crippen MR) is 45.6 cm³/mol. The second-order valence-corrected chi connectivity index (χ2v) is 3.39. The van der Waals surface area contributed by atoms with Crippen molar-refractivity contribution in [2.45, 2.75) is 4.90 Å². The number of hydrogen-bond donors (Lipinski definition) is 0. The van der Waals surface area contributed by atoms with Gasteiger partial charge in [0.2, 0.25) is 0 Å². The van der Waals surface area contributed by atoms with Crippen molar-refractivity contribution in [2.75, 3.05) is 0 Å². The molecule has 0 amide bonds. The molecule has 1 nitrogen and oxygen atoms in total. The largest absolute Gasteiger partial charge is 0.206 e. The van der Waals surface area contributed by atoms with E-state index in [2.05, 4.69) is 15.9 Å². The Balaban J connectivity index is 3.12. The van der Waals surface area contributed by atoms with Crippen molar-refractivity contribution in [3.8, 4) is 5.40 Å². The number of nitriles is 1. The Kier molecular flexibility index (Phi) is 2.92. The molecular formula is C7H3BrFNS. The first-order valence-electron chi connectivity index (χ1n) is 2.75. The summed E-state index contributed by atoms with van der Waals surface area (Å²) in [5, 5.41) is 10.1. The molecule has 56 valence electrons. The normalized spacial score (nSPS) is 9.18. The first-order valence-corrected chi connectivity index (χ1v) is 4.36. The van der Waals surface area contributed by atoms with Crippen molar-refractivity contribution >= 4 is 27.7 Å². The van der Waals surface area contributed by atoms with Gasteiger partial charge in [-0.05, 0) is 39.8 Å². The summed E-state index contributed by atoms with van der Waals surface area (Å²) in [5.41, 5.74) is 0. The van der Waals surface area contributed by atoms with Gasteiger partial charge in [0.05, 0.1) is 4.90 Å². The van der Waals surface area contributed by atoms with Gasteiger partial charge in [0.15, 0.2) is 0 Å². The molecule has 0 heterocycles. The topological polar surface area (TPSA) is 23.8 Å². The minimum Gasteiger partial charge on any atom is -0.206 e. The molecule has 11 heavy (non-hydrogen) atoms. The van der Waals surface area contributed by atoms with Crippen molar-refractivity contribution in [3.05, 3.63) is 28.5 Å². The van der Waals surface area contributed by atoms with E-state index in [4.69, 9.17) is 5.26 Å². The van der Waals surface area contributed by atoms with E-state index in [9.17, 15) is 4.39 Å². The Bertz CT molecular complexity index is 288. The molecule has 0 aliphatic carbocycles. The molecule has 0 aromatic heterocycles. The molecule has 0 fully saturated rings. The molecule has 0 saturated carbocycles. The van der Waals surface area contributed by atoms with Gasteiger partial charge < -0.3 is 0 Å². The lowest BCUT2D eigenvalue weighted by Crippen LogP contribution is -1.79. The Morgan fingerprint density at radius 3 is 2.82 bits per heavy atom. The van der Waals surface area contributed by atoms with Gasteiger partial charge in [0, 0.05) is 4.47 Å².